The lowest BCUT2D eigenvalue weighted by atomic mass is 10.1. The van der Waals surface area contributed by atoms with Crippen LogP contribution in [-0.4, -0.2) is 6.04 Å². The Morgan fingerprint density at radius 3 is 2.94 bits per heavy atom. The highest BCUT2D eigenvalue weighted by molar-refractivity contribution is 9.10. The molecule has 0 radical (unpaired) electrons. The molecule has 3 nitrogen and oxygen atoms in total. The summed E-state index contributed by atoms with van der Waals surface area (Å²) in [5.41, 5.74) is 1.57. The van der Waals surface area contributed by atoms with Crippen LogP contribution >= 0.6 is 15.9 Å². The summed E-state index contributed by atoms with van der Waals surface area (Å²) in [4.78, 5) is 0. The normalized spacial score (nSPS) is 11.8. The van der Waals surface area contributed by atoms with Gasteiger partial charge in [-0.05, 0) is 37.3 Å². The molecule has 2 rings (SSSR count). The second-order valence-electron chi connectivity index (χ2n) is 4.17. The topological polar surface area (TPSA) is 49.0 Å². The molecule has 0 saturated carbocycles. The first-order valence-electron chi connectivity index (χ1n) is 5.67. The third-order valence-corrected chi connectivity index (χ3v) is 2.99. The molecule has 18 heavy (non-hydrogen) atoms. The predicted octanol–water partition coefficient (Wildman–Crippen LogP) is 3.96. The van der Waals surface area contributed by atoms with Crippen molar-refractivity contribution in [2.45, 2.75) is 19.4 Å². The maximum Gasteiger partial charge on any atom is 0.105 e. The molecule has 0 amide bonds. The fourth-order valence-corrected chi connectivity index (χ4v) is 2.30. The Morgan fingerprint density at radius 1 is 1.44 bits per heavy atom. The Bertz CT molecular complexity index is 558. The summed E-state index contributed by atoms with van der Waals surface area (Å²) in [5, 5.41) is 12.3. The van der Waals surface area contributed by atoms with Crippen LogP contribution < -0.4 is 5.32 Å². The summed E-state index contributed by atoms with van der Waals surface area (Å²) in [6.07, 6.45) is 2.48. The van der Waals surface area contributed by atoms with Crippen LogP contribution in [0.4, 0.5) is 5.69 Å². The van der Waals surface area contributed by atoms with E-state index >= 15 is 0 Å². The number of nitrogens with one attached hydrogen (secondary N) is 1. The first kappa shape index (κ1) is 12.7. The Morgan fingerprint density at radius 2 is 2.28 bits per heavy atom. The summed E-state index contributed by atoms with van der Waals surface area (Å²) in [6, 6.07) is 11.8. The maximum atomic E-state index is 8.91. The largest absolute Gasteiger partial charge is 0.469 e. The van der Waals surface area contributed by atoms with Crippen LogP contribution in [0.5, 0.6) is 0 Å². The molecular weight excluding hydrogens is 292 g/mol. The van der Waals surface area contributed by atoms with Gasteiger partial charge in [0.05, 0.1) is 17.9 Å². The fraction of sp³-hybridized carbons (Fsp3) is 0.214. The number of nitriles is 1. The minimum absolute atomic E-state index is 0.233. The van der Waals surface area contributed by atoms with E-state index in [2.05, 4.69) is 34.2 Å². The van der Waals surface area contributed by atoms with E-state index in [-0.39, 0.29) is 6.04 Å². The number of anilines is 1. The van der Waals surface area contributed by atoms with E-state index in [0.29, 0.717) is 5.56 Å². The fourth-order valence-electron chi connectivity index (χ4n) is 1.80. The molecule has 1 unspecified atom stereocenters. The molecule has 0 aliphatic heterocycles. The quantitative estimate of drug-likeness (QED) is 0.930. The minimum atomic E-state index is 0.233. The van der Waals surface area contributed by atoms with Gasteiger partial charge in [-0.2, -0.15) is 5.26 Å². The molecule has 92 valence electrons. The van der Waals surface area contributed by atoms with Crippen molar-refractivity contribution in [3.8, 4) is 6.07 Å². The number of halogens is 1. The van der Waals surface area contributed by atoms with Crippen molar-refractivity contribution in [3.63, 3.8) is 0 Å². The van der Waals surface area contributed by atoms with Gasteiger partial charge in [0.1, 0.15) is 5.76 Å². The molecule has 0 aliphatic carbocycles. The lowest BCUT2D eigenvalue weighted by molar-refractivity contribution is 0.498. The molecule has 4 heteroatoms. The average molecular weight is 305 g/mol. The van der Waals surface area contributed by atoms with Crippen molar-refractivity contribution in [2.24, 2.45) is 0 Å². The number of hydrogen-bond acceptors (Lipinski definition) is 3. The SMILES string of the molecule is CC(Cc1ccco1)Nc1cc(Br)cc(C#N)c1. The van der Waals surface area contributed by atoms with E-state index in [0.717, 1.165) is 22.3 Å². The highest BCUT2D eigenvalue weighted by Crippen LogP contribution is 2.20. The van der Waals surface area contributed by atoms with Gasteiger partial charge < -0.3 is 9.73 Å². The van der Waals surface area contributed by atoms with Crippen molar-refractivity contribution >= 4 is 21.6 Å². The van der Waals surface area contributed by atoms with Crippen LogP contribution in [0, 0.1) is 11.3 Å². The molecular formula is C14H13BrN2O. The molecule has 0 aliphatic rings. The Hall–Kier alpha value is -1.73. The first-order valence-corrected chi connectivity index (χ1v) is 6.46. The number of benzene rings is 1. The molecule has 0 fully saturated rings. The lowest BCUT2D eigenvalue weighted by Gasteiger charge is -2.14. The monoisotopic (exact) mass is 304 g/mol. The Balaban J connectivity index is 2.05. The van der Waals surface area contributed by atoms with Crippen molar-refractivity contribution in [1.29, 1.82) is 5.26 Å². The van der Waals surface area contributed by atoms with Gasteiger partial charge in [0.15, 0.2) is 0 Å². The Labute approximate surface area is 115 Å². The predicted molar refractivity (Wildman–Crippen MR) is 74.4 cm³/mol. The van der Waals surface area contributed by atoms with Crippen LogP contribution in [0.1, 0.15) is 18.2 Å². The summed E-state index contributed by atoms with van der Waals surface area (Å²) in [5.74, 6) is 0.950. The second-order valence-corrected chi connectivity index (χ2v) is 5.08. The van der Waals surface area contributed by atoms with Gasteiger partial charge in [-0.3, -0.25) is 0 Å². The smallest absolute Gasteiger partial charge is 0.105 e. The Kier molecular flexibility index (Phi) is 4.06. The van der Waals surface area contributed by atoms with Crippen LogP contribution in [0.25, 0.3) is 0 Å². The molecule has 1 N–H and O–H groups in total. The lowest BCUT2D eigenvalue weighted by Crippen LogP contribution is -2.17. The highest BCUT2D eigenvalue weighted by Gasteiger charge is 2.07. The number of hydrogen-bond donors (Lipinski definition) is 1. The van der Waals surface area contributed by atoms with Gasteiger partial charge in [-0.1, -0.05) is 15.9 Å². The van der Waals surface area contributed by atoms with Gasteiger partial charge in [-0.25, -0.2) is 0 Å². The summed E-state index contributed by atoms with van der Waals surface area (Å²) in [6.45, 7) is 2.08. The third-order valence-electron chi connectivity index (χ3n) is 2.53. The summed E-state index contributed by atoms with van der Waals surface area (Å²) in [7, 11) is 0. The zero-order valence-corrected chi connectivity index (χ0v) is 11.6. The van der Waals surface area contributed by atoms with E-state index < -0.39 is 0 Å². The zero-order chi connectivity index (χ0) is 13.0. The molecule has 2 aromatic rings. The first-order chi connectivity index (χ1) is 8.67. The molecule has 1 aromatic heterocycles. The van der Waals surface area contributed by atoms with Crippen molar-refractivity contribution in [2.75, 3.05) is 5.32 Å². The molecule has 0 saturated heterocycles. The van der Waals surface area contributed by atoms with E-state index in [1.807, 2.05) is 24.3 Å². The van der Waals surface area contributed by atoms with Crippen molar-refractivity contribution in [3.05, 3.63) is 52.4 Å². The molecule has 1 heterocycles. The minimum Gasteiger partial charge on any atom is -0.469 e. The molecule has 1 aromatic carbocycles. The van der Waals surface area contributed by atoms with E-state index in [9.17, 15) is 0 Å². The van der Waals surface area contributed by atoms with E-state index in [1.54, 1.807) is 12.3 Å². The number of nitrogens with zero attached hydrogens (tertiary/aromatic N) is 1. The standard InChI is InChI=1S/C14H13BrN2O/c1-10(5-14-3-2-4-18-14)17-13-7-11(9-16)6-12(15)8-13/h2-4,6-8,10,17H,5H2,1H3. The van der Waals surface area contributed by atoms with E-state index in [1.165, 1.54) is 0 Å². The summed E-state index contributed by atoms with van der Waals surface area (Å²) >= 11 is 3.39. The zero-order valence-electron chi connectivity index (χ0n) is 9.98. The van der Waals surface area contributed by atoms with Gasteiger partial charge in [0.25, 0.3) is 0 Å². The average Bonchev–Trinajstić information content (AvgIpc) is 2.80. The van der Waals surface area contributed by atoms with Crippen LogP contribution in [0.3, 0.4) is 0 Å². The number of furan rings is 1. The van der Waals surface area contributed by atoms with Gasteiger partial charge >= 0.3 is 0 Å². The van der Waals surface area contributed by atoms with Crippen LogP contribution in [0.15, 0.2) is 45.5 Å². The summed E-state index contributed by atoms with van der Waals surface area (Å²) < 4.78 is 6.21. The van der Waals surface area contributed by atoms with Crippen molar-refractivity contribution in [1.82, 2.24) is 0 Å². The van der Waals surface area contributed by atoms with Gasteiger partial charge in [0.2, 0.25) is 0 Å². The van der Waals surface area contributed by atoms with Gasteiger partial charge in [0, 0.05) is 22.6 Å². The van der Waals surface area contributed by atoms with Crippen LogP contribution in [-0.2, 0) is 6.42 Å². The highest BCUT2D eigenvalue weighted by atomic mass is 79.9. The molecule has 0 bridgehead atoms. The molecule has 1 atom stereocenters. The van der Waals surface area contributed by atoms with Gasteiger partial charge in [-0.15, -0.1) is 0 Å². The third kappa shape index (κ3) is 3.38. The second kappa shape index (κ2) is 5.74. The van der Waals surface area contributed by atoms with Crippen molar-refractivity contribution < 1.29 is 4.42 Å². The van der Waals surface area contributed by atoms with E-state index in [4.69, 9.17) is 9.68 Å². The van der Waals surface area contributed by atoms with Crippen LogP contribution in [0.2, 0.25) is 0 Å². The number of rotatable bonds is 4. The molecule has 0 spiro atoms. The maximum absolute atomic E-state index is 8.91.